The minimum absolute atomic E-state index is 0.283. The molecular weight excluding hydrogens is 268 g/mol. The first-order valence-electron chi connectivity index (χ1n) is 6.10. The number of carboxylic acids is 1. The van der Waals surface area contributed by atoms with Gasteiger partial charge in [0.15, 0.2) is 6.10 Å². The monoisotopic (exact) mass is 286 g/mol. The lowest BCUT2D eigenvalue weighted by molar-refractivity contribution is -0.150. The summed E-state index contributed by atoms with van der Waals surface area (Å²) in [4.78, 5) is 11.1. The zero-order valence-electron chi connectivity index (χ0n) is 11.4. The predicted octanol–water partition coefficient (Wildman–Crippen LogP) is 3.02. The molecule has 0 spiro atoms. The second-order valence-corrected chi connectivity index (χ2v) is 5.13. The third-order valence-corrected chi connectivity index (χ3v) is 2.84. The van der Waals surface area contributed by atoms with Gasteiger partial charge in [-0.3, -0.25) is 0 Å². The normalized spacial score (nSPS) is 12.5. The molecule has 5 heteroatoms. The number of methoxy groups -OCH3 is 1. The van der Waals surface area contributed by atoms with E-state index in [0.29, 0.717) is 23.3 Å². The summed E-state index contributed by atoms with van der Waals surface area (Å²) in [6, 6.07) is 5.22. The van der Waals surface area contributed by atoms with Crippen molar-refractivity contribution in [2.45, 2.75) is 26.4 Å². The molecule has 0 fully saturated rings. The molecule has 0 radical (unpaired) electrons. The summed E-state index contributed by atoms with van der Waals surface area (Å²) < 4.78 is 10.4. The minimum atomic E-state index is -0.965. The quantitative estimate of drug-likeness (QED) is 0.837. The van der Waals surface area contributed by atoms with Crippen molar-refractivity contribution in [2.75, 3.05) is 13.7 Å². The zero-order chi connectivity index (χ0) is 14.4. The van der Waals surface area contributed by atoms with Crippen LogP contribution in [0, 0.1) is 5.92 Å². The van der Waals surface area contributed by atoms with Gasteiger partial charge in [-0.05, 0) is 23.6 Å². The molecule has 0 aliphatic carbocycles. The SMILES string of the molecule is COc1ccc(C[C@H](OCC(C)C)C(=O)O)cc1Cl. The van der Waals surface area contributed by atoms with Crippen molar-refractivity contribution in [1.82, 2.24) is 0 Å². The van der Waals surface area contributed by atoms with Gasteiger partial charge in [-0.2, -0.15) is 0 Å². The predicted molar refractivity (Wildman–Crippen MR) is 73.9 cm³/mol. The van der Waals surface area contributed by atoms with Gasteiger partial charge in [0.2, 0.25) is 0 Å². The molecule has 1 atom stereocenters. The number of carbonyl (C=O) groups is 1. The highest BCUT2D eigenvalue weighted by Crippen LogP contribution is 2.25. The molecule has 4 nitrogen and oxygen atoms in total. The van der Waals surface area contributed by atoms with Gasteiger partial charge in [0.25, 0.3) is 0 Å². The number of aliphatic carboxylic acids is 1. The maximum absolute atomic E-state index is 11.1. The second-order valence-electron chi connectivity index (χ2n) is 4.73. The Morgan fingerprint density at radius 2 is 2.11 bits per heavy atom. The van der Waals surface area contributed by atoms with Gasteiger partial charge >= 0.3 is 5.97 Å². The number of rotatable bonds is 7. The van der Waals surface area contributed by atoms with Crippen LogP contribution in [-0.4, -0.2) is 30.9 Å². The van der Waals surface area contributed by atoms with Crippen LogP contribution in [0.3, 0.4) is 0 Å². The van der Waals surface area contributed by atoms with Gasteiger partial charge in [-0.25, -0.2) is 4.79 Å². The van der Waals surface area contributed by atoms with Crippen LogP contribution in [0.1, 0.15) is 19.4 Å². The van der Waals surface area contributed by atoms with Crippen molar-refractivity contribution in [3.8, 4) is 5.75 Å². The van der Waals surface area contributed by atoms with Crippen molar-refractivity contribution in [3.63, 3.8) is 0 Å². The van der Waals surface area contributed by atoms with Crippen LogP contribution in [0.25, 0.3) is 0 Å². The first-order chi connectivity index (χ1) is 8.93. The molecule has 0 saturated carbocycles. The summed E-state index contributed by atoms with van der Waals surface area (Å²) in [6.45, 7) is 4.37. The Labute approximate surface area is 118 Å². The topological polar surface area (TPSA) is 55.8 Å². The number of carboxylic acid groups (broad SMARTS) is 1. The second kappa shape index (κ2) is 7.36. The standard InChI is InChI=1S/C14H19ClO4/c1-9(2)8-19-13(14(16)17)7-10-4-5-12(18-3)11(15)6-10/h4-6,9,13H,7-8H2,1-3H3,(H,16,17)/t13-/m0/s1. The zero-order valence-corrected chi connectivity index (χ0v) is 12.1. The van der Waals surface area contributed by atoms with Crippen LogP contribution >= 0.6 is 11.6 Å². The molecule has 106 valence electrons. The average molecular weight is 287 g/mol. The fraction of sp³-hybridized carbons (Fsp3) is 0.500. The highest BCUT2D eigenvalue weighted by Gasteiger charge is 2.19. The first kappa shape index (κ1) is 15.8. The average Bonchev–Trinajstić information content (AvgIpc) is 2.34. The van der Waals surface area contributed by atoms with Crippen LogP contribution in [-0.2, 0) is 16.0 Å². The smallest absolute Gasteiger partial charge is 0.333 e. The molecule has 19 heavy (non-hydrogen) atoms. The molecule has 0 amide bonds. The van der Waals surface area contributed by atoms with E-state index in [4.69, 9.17) is 26.2 Å². The van der Waals surface area contributed by atoms with Gasteiger partial charge in [-0.15, -0.1) is 0 Å². The number of hydrogen-bond acceptors (Lipinski definition) is 3. The van der Waals surface area contributed by atoms with E-state index in [2.05, 4.69) is 0 Å². The number of hydrogen-bond donors (Lipinski definition) is 1. The van der Waals surface area contributed by atoms with Crippen molar-refractivity contribution >= 4 is 17.6 Å². The van der Waals surface area contributed by atoms with Gasteiger partial charge in [0, 0.05) is 6.42 Å². The number of ether oxygens (including phenoxy) is 2. The minimum Gasteiger partial charge on any atom is -0.495 e. The van der Waals surface area contributed by atoms with E-state index in [9.17, 15) is 4.79 Å². The summed E-state index contributed by atoms with van der Waals surface area (Å²) in [7, 11) is 1.53. The van der Waals surface area contributed by atoms with E-state index in [0.717, 1.165) is 5.56 Å². The van der Waals surface area contributed by atoms with E-state index in [1.807, 2.05) is 13.8 Å². The maximum atomic E-state index is 11.1. The largest absolute Gasteiger partial charge is 0.495 e. The molecule has 1 aromatic carbocycles. The number of benzene rings is 1. The summed E-state index contributed by atoms with van der Waals surface area (Å²) in [6.07, 6.45) is -0.571. The molecule has 0 bridgehead atoms. The van der Waals surface area contributed by atoms with Crippen molar-refractivity contribution < 1.29 is 19.4 Å². The molecule has 1 N–H and O–H groups in total. The van der Waals surface area contributed by atoms with E-state index in [1.54, 1.807) is 18.2 Å². The summed E-state index contributed by atoms with van der Waals surface area (Å²) in [5.41, 5.74) is 0.807. The summed E-state index contributed by atoms with van der Waals surface area (Å²) in [5, 5.41) is 9.60. The Balaban J connectivity index is 2.73. The number of halogens is 1. The van der Waals surface area contributed by atoms with Gasteiger partial charge in [-0.1, -0.05) is 31.5 Å². The molecular formula is C14H19ClO4. The van der Waals surface area contributed by atoms with Crippen LogP contribution in [0.4, 0.5) is 0 Å². The van der Waals surface area contributed by atoms with Gasteiger partial charge in [0.1, 0.15) is 5.75 Å². The third-order valence-electron chi connectivity index (χ3n) is 2.54. The Kier molecular flexibility index (Phi) is 6.12. The van der Waals surface area contributed by atoms with E-state index >= 15 is 0 Å². The van der Waals surface area contributed by atoms with Crippen molar-refractivity contribution in [3.05, 3.63) is 28.8 Å². The Bertz CT molecular complexity index is 431. The Morgan fingerprint density at radius 1 is 1.42 bits per heavy atom. The third kappa shape index (κ3) is 5.09. The Hall–Kier alpha value is -1.26. The Morgan fingerprint density at radius 3 is 2.58 bits per heavy atom. The van der Waals surface area contributed by atoms with Gasteiger partial charge < -0.3 is 14.6 Å². The molecule has 0 saturated heterocycles. The van der Waals surface area contributed by atoms with Crippen molar-refractivity contribution in [2.24, 2.45) is 5.92 Å². The van der Waals surface area contributed by atoms with E-state index in [-0.39, 0.29) is 6.42 Å². The van der Waals surface area contributed by atoms with Crippen LogP contribution in [0.2, 0.25) is 5.02 Å². The lowest BCUT2D eigenvalue weighted by atomic mass is 10.1. The maximum Gasteiger partial charge on any atom is 0.333 e. The van der Waals surface area contributed by atoms with Gasteiger partial charge in [0.05, 0.1) is 18.7 Å². The highest BCUT2D eigenvalue weighted by atomic mass is 35.5. The van der Waals surface area contributed by atoms with Crippen molar-refractivity contribution in [1.29, 1.82) is 0 Å². The first-order valence-corrected chi connectivity index (χ1v) is 6.48. The van der Waals surface area contributed by atoms with Crippen LogP contribution in [0.15, 0.2) is 18.2 Å². The molecule has 0 unspecified atom stereocenters. The van der Waals surface area contributed by atoms with Crippen LogP contribution < -0.4 is 4.74 Å². The molecule has 0 aliphatic heterocycles. The summed E-state index contributed by atoms with van der Waals surface area (Å²) in [5.74, 6) is -0.103. The lowest BCUT2D eigenvalue weighted by Gasteiger charge is -2.15. The lowest BCUT2D eigenvalue weighted by Crippen LogP contribution is -2.28. The highest BCUT2D eigenvalue weighted by molar-refractivity contribution is 6.32. The fourth-order valence-electron chi connectivity index (χ4n) is 1.58. The molecule has 0 heterocycles. The fourth-order valence-corrected chi connectivity index (χ4v) is 1.86. The van der Waals surface area contributed by atoms with E-state index in [1.165, 1.54) is 7.11 Å². The summed E-state index contributed by atoms with van der Waals surface area (Å²) >= 11 is 6.01. The molecule has 1 aromatic rings. The molecule has 0 aromatic heterocycles. The molecule has 0 aliphatic rings. The molecule has 1 rings (SSSR count). The van der Waals surface area contributed by atoms with Crippen LogP contribution in [0.5, 0.6) is 5.75 Å². The van der Waals surface area contributed by atoms with E-state index < -0.39 is 12.1 Å².